The van der Waals surface area contributed by atoms with Crippen molar-refractivity contribution in [1.29, 1.82) is 0 Å². The Morgan fingerprint density at radius 3 is 0.636 bits per heavy atom. The molecule has 0 bridgehead atoms. The number of hydrogen-bond acceptors (Lipinski definition) is 9. The van der Waals surface area contributed by atoms with Crippen molar-refractivity contribution >= 4 is 17.9 Å². The molecular weight excluding hydrogens is 377 g/mol. The number of rotatable bonds is 3. The first-order chi connectivity index (χ1) is 8.83. The molecule has 0 saturated carbocycles. The second kappa shape index (κ2) is 11.0. The van der Waals surface area contributed by atoms with E-state index in [1.54, 1.807) is 0 Å². The molecular formula is C12H21O9Y. The van der Waals surface area contributed by atoms with Crippen molar-refractivity contribution in [3.63, 3.8) is 0 Å². The molecule has 0 atom stereocenters. The third-order valence-corrected chi connectivity index (χ3v) is 1.50. The van der Waals surface area contributed by atoms with E-state index in [0.717, 1.165) is 41.5 Å². The minimum Gasteiger partial charge on any atom is -0.547 e. The summed E-state index contributed by atoms with van der Waals surface area (Å²) in [4.78, 5) is 29.0. The first-order valence-electron chi connectivity index (χ1n) is 5.65. The largest absolute Gasteiger partial charge is 3.00 e. The number of carbonyl (C=O) groups excluding carboxylic acids is 3. The fourth-order valence-corrected chi connectivity index (χ4v) is 0. The topological polar surface area (TPSA) is 181 Å². The monoisotopic (exact) mass is 398 g/mol. The Morgan fingerprint density at radius 1 is 0.591 bits per heavy atom. The molecule has 126 valence electrons. The van der Waals surface area contributed by atoms with Crippen LogP contribution in [0.2, 0.25) is 0 Å². The molecule has 0 amide bonds. The molecule has 3 N–H and O–H groups in total. The number of carbonyl (C=O) groups is 3. The molecule has 0 saturated heterocycles. The van der Waals surface area contributed by atoms with Crippen molar-refractivity contribution in [2.24, 2.45) is 0 Å². The summed E-state index contributed by atoms with van der Waals surface area (Å²) in [7, 11) is 0. The average molecular weight is 398 g/mol. The third-order valence-electron chi connectivity index (χ3n) is 1.50. The van der Waals surface area contributed by atoms with Crippen LogP contribution >= 0.6 is 0 Å². The number of aliphatic hydroxyl groups is 3. The summed E-state index contributed by atoms with van der Waals surface area (Å²) in [5, 5.41) is 54.3. The van der Waals surface area contributed by atoms with Crippen LogP contribution in [0, 0.1) is 0 Å². The molecule has 0 radical (unpaired) electrons. The van der Waals surface area contributed by atoms with Crippen LogP contribution in [0.4, 0.5) is 0 Å². The minimum absolute atomic E-state index is 0. The smallest absolute Gasteiger partial charge is 0.547 e. The summed E-state index contributed by atoms with van der Waals surface area (Å²) in [5.74, 6) is -4.35. The van der Waals surface area contributed by atoms with Gasteiger partial charge in [0.2, 0.25) is 0 Å². The molecule has 9 nitrogen and oxygen atoms in total. The second-order valence-corrected chi connectivity index (χ2v) is 5.54. The zero-order valence-corrected chi connectivity index (χ0v) is 16.2. The quantitative estimate of drug-likeness (QED) is 0.422. The van der Waals surface area contributed by atoms with E-state index in [4.69, 9.17) is 15.3 Å². The SMILES string of the molecule is CC(C)(O)C(=O)[O-].CC(C)(O)C(=O)[O-].CC(C)(O)C(=O)[O-].[Y+3]. The number of carboxylic acids is 3. The maximum atomic E-state index is 9.66. The summed E-state index contributed by atoms with van der Waals surface area (Å²) in [5.41, 5.74) is -5.08. The Kier molecular flexibility index (Phi) is 14.7. The summed E-state index contributed by atoms with van der Waals surface area (Å²) in [6.07, 6.45) is 0. The molecule has 0 aromatic heterocycles. The van der Waals surface area contributed by atoms with Gasteiger partial charge in [-0.15, -0.1) is 0 Å². The van der Waals surface area contributed by atoms with Crippen molar-refractivity contribution < 1.29 is 77.7 Å². The van der Waals surface area contributed by atoms with Gasteiger partial charge in [-0.25, -0.2) is 0 Å². The van der Waals surface area contributed by atoms with Gasteiger partial charge in [-0.2, -0.15) is 0 Å². The number of carboxylic acid groups (broad SMARTS) is 3. The predicted molar refractivity (Wildman–Crippen MR) is 63.9 cm³/mol. The van der Waals surface area contributed by atoms with E-state index in [1.807, 2.05) is 0 Å². The van der Waals surface area contributed by atoms with E-state index in [9.17, 15) is 29.7 Å². The molecule has 0 heterocycles. The van der Waals surface area contributed by atoms with Gasteiger partial charge in [-0.3, -0.25) is 0 Å². The predicted octanol–water partition coefficient (Wildman–Crippen LogP) is -4.48. The Balaban J connectivity index is -0.000000108. The Hall–Kier alpha value is -0.606. The van der Waals surface area contributed by atoms with Gasteiger partial charge in [-0.1, -0.05) is 0 Å². The fourth-order valence-electron chi connectivity index (χ4n) is 0. The van der Waals surface area contributed by atoms with Gasteiger partial charge < -0.3 is 45.0 Å². The fraction of sp³-hybridized carbons (Fsp3) is 0.750. The van der Waals surface area contributed by atoms with Crippen LogP contribution in [0.25, 0.3) is 0 Å². The zero-order valence-electron chi connectivity index (χ0n) is 13.4. The summed E-state index contributed by atoms with van der Waals surface area (Å²) < 4.78 is 0. The van der Waals surface area contributed by atoms with Crippen molar-refractivity contribution in [2.75, 3.05) is 0 Å². The number of aliphatic carboxylic acids is 3. The molecule has 0 rings (SSSR count). The first kappa shape index (κ1) is 29.4. The average Bonchev–Trinajstić information content (AvgIpc) is 2.14. The molecule has 10 heteroatoms. The summed E-state index contributed by atoms with van der Waals surface area (Å²) >= 11 is 0. The molecule has 0 aromatic rings. The maximum absolute atomic E-state index is 9.66. The Bertz CT molecular complexity index is 301. The van der Waals surface area contributed by atoms with Crippen molar-refractivity contribution in [3.8, 4) is 0 Å². The van der Waals surface area contributed by atoms with Gasteiger partial charge in [0.15, 0.2) is 0 Å². The molecule has 22 heavy (non-hydrogen) atoms. The van der Waals surface area contributed by atoms with Crippen LogP contribution < -0.4 is 15.3 Å². The van der Waals surface area contributed by atoms with Crippen molar-refractivity contribution in [3.05, 3.63) is 0 Å². The number of hydrogen-bond donors (Lipinski definition) is 3. The van der Waals surface area contributed by atoms with E-state index in [-0.39, 0.29) is 32.7 Å². The minimum atomic E-state index is -1.69. The van der Waals surface area contributed by atoms with Gasteiger partial charge in [0.25, 0.3) is 0 Å². The van der Waals surface area contributed by atoms with Gasteiger partial charge in [0.1, 0.15) is 0 Å². The molecule has 0 aliphatic carbocycles. The maximum Gasteiger partial charge on any atom is 3.00 e. The van der Waals surface area contributed by atoms with Gasteiger partial charge in [0, 0.05) is 0 Å². The van der Waals surface area contributed by atoms with Crippen LogP contribution in [-0.4, -0.2) is 50.0 Å². The molecule has 0 aliphatic heterocycles. The summed E-state index contributed by atoms with van der Waals surface area (Å²) in [6, 6.07) is 0. The van der Waals surface area contributed by atoms with E-state index < -0.39 is 34.7 Å². The standard InChI is InChI=1S/3C4H8O3.Y/c3*1-4(2,7)3(5)6;/h3*7H,1-2H3,(H,5,6);/q;;;+3/p-3. The van der Waals surface area contributed by atoms with Gasteiger partial charge >= 0.3 is 32.7 Å². The van der Waals surface area contributed by atoms with Crippen molar-refractivity contribution in [2.45, 2.75) is 58.3 Å². The molecule has 0 fully saturated rings. The van der Waals surface area contributed by atoms with E-state index in [1.165, 1.54) is 0 Å². The third kappa shape index (κ3) is 21.7. The van der Waals surface area contributed by atoms with E-state index >= 15 is 0 Å². The molecule has 0 spiro atoms. The van der Waals surface area contributed by atoms with Crippen LogP contribution in [0.3, 0.4) is 0 Å². The van der Waals surface area contributed by atoms with E-state index in [0.29, 0.717) is 0 Å². The summed E-state index contributed by atoms with van der Waals surface area (Å²) in [6.45, 7) is 6.93. The molecule has 0 aliphatic rings. The molecule has 0 unspecified atom stereocenters. The van der Waals surface area contributed by atoms with Crippen molar-refractivity contribution in [1.82, 2.24) is 0 Å². The normalized spacial score (nSPS) is 10.8. The van der Waals surface area contributed by atoms with Crippen LogP contribution in [0.5, 0.6) is 0 Å². The van der Waals surface area contributed by atoms with Crippen LogP contribution in [0.15, 0.2) is 0 Å². The van der Waals surface area contributed by atoms with Gasteiger partial charge in [0.05, 0.1) is 34.7 Å². The Morgan fingerprint density at radius 2 is 0.636 bits per heavy atom. The molecule has 0 aromatic carbocycles. The van der Waals surface area contributed by atoms with Crippen LogP contribution in [-0.2, 0) is 47.1 Å². The first-order valence-corrected chi connectivity index (χ1v) is 5.65. The van der Waals surface area contributed by atoms with E-state index in [2.05, 4.69) is 0 Å². The Labute approximate surface area is 153 Å². The van der Waals surface area contributed by atoms with Crippen LogP contribution in [0.1, 0.15) is 41.5 Å². The second-order valence-electron chi connectivity index (χ2n) is 5.54. The zero-order chi connectivity index (χ0) is 18.2. The van der Waals surface area contributed by atoms with Gasteiger partial charge in [-0.05, 0) is 41.5 Å².